The van der Waals surface area contributed by atoms with Gasteiger partial charge in [-0.1, -0.05) is 63.2 Å². The molecule has 0 aliphatic heterocycles. The van der Waals surface area contributed by atoms with Gasteiger partial charge in [0.05, 0.1) is 11.4 Å². The number of anilines is 1. The van der Waals surface area contributed by atoms with Crippen molar-refractivity contribution in [1.82, 2.24) is 4.98 Å². The number of hydrogen-bond donors (Lipinski definition) is 1. The third-order valence-electron chi connectivity index (χ3n) is 4.80. The maximum Gasteiger partial charge on any atom is 0.227 e. The minimum absolute atomic E-state index is 0.0244. The van der Waals surface area contributed by atoms with Gasteiger partial charge >= 0.3 is 0 Å². The maximum absolute atomic E-state index is 14.0. The molecule has 28 heavy (non-hydrogen) atoms. The highest BCUT2D eigenvalue weighted by atomic mass is 19.1. The van der Waals surface area contributed by atoms with Crippen LogP contribution in [-0.4, -0.2) is 10.9 Å². The SMILES string of the molecule is Cc1nc2c(F)cccc2cc1NC(=O)[C@@H](Cc1ccccc1)CC(C)(C)C. The lowest BCUT2D eigenvalue weighted by Crippen LogP contribution is -2.29. The van der Waals surface area contributed by atoms with E-state index in [0.29, 0.717) is 28.7 Å². The second-order valence-corrected chi connectivity index (χ2v) is 8.57. The van der Waals surface area contributed by atoms with Crippen LogP contribution >= 0.6 is 0 Å². The van der Waals surface area contributed by atoms with Gasteiger partial charge in [0, 0.05) is 11.3 Å². The number of benzene rings is 2. The van der Waals surface area contributed by atoms with Crippen LogP contribution in [0.5, 0.6) is 0 Å². The largest absolute Gasteiger partial charge is 0.324 e. The summed E-state index contributed by atoms with van der Waals surface area (Å²) in [5.74, 6) is -0.544. The molecule has 0 fully saturated rings. The van der Waals surface area contributed by atoms with E-state index < -0.39 is 0 Å². The van der Waals surface area contributed by atoms with E-state index in [1.165, 1.54) is 6.07 Å². The van der Waals surface area contributed by atoms with Crippen molar-refractivity contribution < 1.29 is 9.18 Å². The molecule has 1 N–H and O–H groups in total. The lowest BCUT2D eigenvalue weighted by atomic mass is 9.81. The molecular weight excluding hydrogens is 351 g/mol. The fourth-order valence-corrected chi connectivity index (χ4v) is 3.51. The van der Waals surface area contributed by atoms with Crippen molar-refractivity contribution >= 4 is 22.5 Å². The minimum Gasteiger partial charge on any atom is -0.324 e. The molecule has 0 unspecified atom stereocenters. The quantitative estimate of drug-likeness (QED) is 0.599. The van der Waals surface area contributed by atoms with Gasteiger partial charge < -0.3 is 5.32 Å². The molecule has 3 aromatic rings. The molecule has 1 heterocycles. The van der Waals surface area contributed by atoms with Crippen LogP contribution in [0.25, 0.3) is 10.9 Å². The first kappa shape index (κ1) is 20.0. The van der Waals surface area contributed by atoms with E-state index in [-0.39, 0.29) is 23.1 Å². The molecule has 1 amide bonds. The van der Waals surface area contributed by atoms with Gasteiger partial charge in [0.25, 0.3) is 0 Å². The number of carbonyl (C=O) groups excluding carboxylic acids is 1. The molecule has 146 valence electrons. The van der Waals surface area contributed by atoms with E-state index in [1.807, 2.05) is 18.2 Å². The van der Waals surface area contributed by atoms with Crippen molar-refractivity contribution in [3.63, 3.8) is 0 Å². The zero-order valence-electron chi connectivity index (χ0n) is 16.9. The van der Waals surface area contributed by atoms with Gasteiger partial charge in [-0.25, -0.2) is 9.37 Å². The van der Waals surface area contributed by atoms with E-state index in [4.69, 9.17) is 0 Å². The monoisotopic (exact) mass is 378 g/mol. The van der Waals surface area contributed by atoms with Crippen molar-refractivity contribution in [2.24, 2.45) is 11.3 Å². The minimum atomic E-state index is -0.354. The predicted molar refractivity (Wildman–Crippen MR) is 113 cm³/mol. The number of fused-ring (bicyclic) bond motifs is 1. The van der Waals surface area contributed by atoms with Crippen molar-refractivity contribution in [2.45, 2.75) is 40.5 Å². The predicted octanol–water partition coefficient (Wildman–Crippen LogP) is 5.92. The Balaban J connectivity index is 1.86. The average molecular weight is 378 g/mol. The Morgan fingerprint density at radius 2 is 1.82 bits per heavy atom. The van der Waals surface area contributed by atoms with E-state index in [1.54, 1.807) is 25.1 Å². The average Bonchev–Trinajstić information content (AvgIpc) is 2.62. The normalized spacial score (nSPS) is 12.8. The second kappa shape index (κ2) is 8.09. The molecule has 0 spiro atoms. The first-order chi connectivity index (χ1) is 13.2. The molecule has 0 saturated carbocycles. The molecule has 0 bridgehead atoms. The molecular formula is C24H27FN2O. The van der Waals surface area contributed by atoms with Crippen molar-refractivity contribution in [2.75, 3.05) is 5.32 Å². The highest BCUT2D eigenvalue weighted by Crippen LogP contribution is 2.29. The highest BCUT2D eigenvalue weighted by Gasteiger charge is 2.26. The highest BCUT2D eigenvalue weighted by molar-refractivity contribution is 5.95. The van der Waals surface area contributed by atoms with Crippen LogP contribution in [0.2, 0.25) is 0 Å². The number of hydrogen-bond acceptors (Lipinski definition) is 2. The van der Waals surface area contributed by atoms with Crippen LogP contribution in [0.15, 0.2) is 54.6 Å². The lowest BCUT2D eigenvalue weighted by molar-refractivity contribution is -0.120. The Labute approximate surface area is 166 Å². The summed E-state index contributed by atoms with van der Waals surface area (Å²) < 4.78 is 14.0. The van der Waals surface area contributed by atoms with Crippen LogP contribution in [0.3, 0.4) is 0 Å². The molecule has 2 aromatic carbocycles. The van der Waals surface area contributed by atoms with E-state index in [9.17, 15) is 9.18 Å². The van der Waals surface area contributed by atoms with Crippen molar-refractivity contribution in [3.05, 3.63) is 71.7 Å². The molecule has 3 nitrogen and oxygen atoms in total. The van der Waals surface area contributed by atoms with Crippen LogP contribution in [0, 0.1) is 24.1 Å². The summed E-state index contributed by atoms with van der Waals surface area (Å²) in [5.41, 5.74) is 2.74. The standard InChI is InChI=1S/C24H27FN2O/c1-16-21(14-18-11-8-12-20(25)22(18)26-16)27-23(28)19(15-24(2,3)4)13-17-9-6-5-7-10-17/h5-12,14,19H,13,15H2,1-4H3,(H,27,28)/t19-/m0/s1. The Hall–Kier alpha value is -2.75. The Morgan fingerprint density at radius 1 is 1.11 bits per heavy atom. The molecule has 1 aromatic heterocycles. The fraction of sp³-hybridized carbons (Fsp3) is 0.333. The summed E-state index contributed by atoms with van der Waals surface area (Å²) in [6, 6.07) is 16.7. The van der Waals surface area contributed by atoms with Crippen LogP contribution in [0.4, 0.5) is 10.1 Å². The van der Waals surface area contributed by atoms with Gasteiger partial charge in [0.2, 0.25) is 5.91 Å². The number of rotatable bonds is 5. The first-order valence-electron chi connectivity index (χ1n) is 9.63. The van der Waals surface area contributed by atoms with Gasteiger partial charge in [-0.15, -0.1) is 0 Å². The summed E-state index contributed by atoms with van der Waals surface area (Å²) in [6.07, 6.45) is 1.45. The van der Waals surface area contributed by atoms with E-state index in [0.717, 1.165) is 12.0 Å². The third-order valence-corrected chi connectivity index (χ3v) is 4.80. The summed E-state index contributed by atoms with van der Waals surface area (Å²) in [4.78, 5) is 17.5. The maximum atomic E-state index is 14.0. The Morgan fingerprint density at radius 3 is 2.50 bits per heavy atom. The molecule has 1 atom stereocenters. The van der Waals surface area contributed by atoms with Crippen LogP contribution in [0.1, 0.15) is 38.4 Å². The van der Waals surface area contributed by atoms with Gasteiger partial charge in [-0.2, -0.15) is 0 Å². The van der Waals surface area contributed by atoms with Gasteiger partial charge in [-0.3, -0.25) is 4.79 Å². The Kier molecular flexibility index (Phi) is 5.78. The molecule has 0 saturated heterocycles. The first-order valence-corrected chi connectivity index (χ1v) is 9.63. The molecule has 4 heteroatoms. The second-order valence-electron chi connectivity index (χ2n) is 8.57. The summed E-state index contributed by atoms with van der Waals surface area (Å²) in [6.45, 7) is 8.22. The number of amides is 1. The third kappa shape index (κ3) is 4.94. The topological polar surface area (TPSA) is 42.0 Å². The number of nitrogens with one attached hydrogen (secondary N) is 1. The Bertz CT molecular complexity index is 977. The van der Waals surface area contributed by atoms with Crippen LogP contribution < -0.4 is 5.32 Å². The number of carbonyl (C=O) groups is 1. The number of aryl methyl sites for hydroxylation is 1. The summed E-state index contributed by atoms with van der Waals surface area (Å²) in [7, 11) is 0. The molecule has 0 aliphatic carbocycles. The molecule has 0 radical (unpaired) electrons. The number of para-hydroxylation sites is 1. The number of halogens is 1. The lowest BCUT2D eigenvalue weighted by Gasteiger charge is -2.26. The van der Waals surface area contributed by atoms with Crippen molar-refractivity contribution in [3.8, 4) is 0 Å². The number of nitrogens with zero attached hydrogens (tertiary/aromatic N) is 1. The fourth-order valence-electron chi connectivity index (χ4n) is 3.51. The van der Waals surface area contributed by atoms with Gasteiger partial charge in [0.15, 0.2) is 0 Å². The molecule has 0 aliphatic rings. The summed E-state index contributed by atoms with van der Waals surface area (Å²) in [5, 5.41) is 3.72. The smallest absolute Gasteiger partial charge is 0.227 e. The van der Waals surface area contributed by atoms with E-state index in [2.05, 4.69) is 43.2 Å². The van der Waals surface area contributed by atoms with Crippen LogP contribution in [-0.2, 0) is 11.2 Å². The van der Waals surface area contributed by atoms with Gasteiger partial charge in [-0.05, 0) is 42.9 Å². The zero-order valence-corrected chi connectivity index (χ0v) is 16.9. The summed E-state index contributed by atoms with van der Waals surface area (Å²) >= 11 is 0. The van der Waals surface area contributed by atoms with E-state index >= 15 is 0 Å². The van der Waals surface area contributed by atoms with Crippen molar-refractivity contribution in [1.29, 1.82) is 0 Å². The zero-order chi connectivity index (χ0) is 20.3. The molecule has 3 rings (SSSR count). The number of aromatic nitrogens is 1. The number of pyridine rings is 1. The van der Waals surface area contributed by atoms with Gasteiger partial charge in [0.1, 0.15) is 11.3 Å².